The predicted octanol–water partition coefficient (Wildman–Crippen LogP) is 2.42. The lowest BCUT2D eigenvalue weighted by Crippen LogP contribution is -2.39. The van der Waals surface area contributed by atoms with Gasteiger partial charge >= 0.3 is 0 Å². The lowest BCUT2D eigenvalue weighted by Gasteiger charge is -2.30. The molecular formula is C21H29N5OS. The number of ether oxygens (including phenoxy) is 1. The van der Waals surface area contributed by atoms with Crippen molar-refractivity contribution in [3.8, 4) is 0 Å². The summed E-state index contributed by atoms with van der Waals surface area (Å²) in [4.78, 5) is 9.45. The van der Waals surface area contributed by atoms with E-state index in [1.165, 1.54) is 11.4 Å². The topological polar surface area (TPSA) is 45.6 Å². The van der Waals surface area contributed by atoms with Crippen LogP contribution in [0.25, 0.3) is 0 Å². The average molecular weight is 400 g/mol. The Morgan fingerprint density at radius 2 is 2.00 bits per heavy atom. The molecule has 150 valence electrons. The summed E-state index contributed by atoms with van der Waals surface area (Å²) < 4.78 is 7.73. The maximum Gasteiger partial charge on any atom is 0.170 e. The third-order valence-electron chi connectivity index (χ3n) is 5.89. The van der Waals surface area contributed by atoms with E-state index >= 15 is 0 Å². The van der Waals surface area contributed by atoms with Gasteiger partial charge in [0.2, 0.25) is 0 Å². The quantitative estimate of drug-likeness (QED) is 0.753. The van der Waals surface area contributed by atoms with E-state index in [0.717, 1.165) is 56.6 Å². The zero-order valence-corrected chi connectivity index (χ0v) is 17.5. The molecule has 0 spiro atoms. The van der Waals surface area contributed by atoms with Crippen LogP contribution in [0.3, 0.4) is 0 Å². The van der Waals surface area contributed by atoms with Crippen molar-refractivity contribution < 1.29 is 4.74 Å². The number of aryl methyl sites for hydroxylation is 1. The maximum atomic E-state index is 5.76. The minimum atomic E-state index is 0.0603. The summed E-state index contributed by atoms with van der Waals surface area (Å²) >= 11 is 5.76. The van der Waals surface area contributed by atoms with Gasteiger partial charge in [-0.25, -0.2) is 0 Å². The fourth-order valence-electron chi connectivity index (χ4n) is 4.19. The SMILES string of the molecule is Cc1ccc([C@@H]2[C@@H](c3ccccn3)NC(=S)N2CCCN2CCOCC2)n1C. The van der Waals surface area contributed by atoms with Gasteiger partial charge in [0.1, 0.15) is 0 Å². The van der Waals surface area contributed by atoms with Crippen LogP contribution >= 0.6 is 12.2 Å². The fourth-order valence-corrected chi connectivity index (χ4v) is 4.52. The molecule has 6 nitrogen and oxygen atoms in total. The molecule has 2 aromatic rings. The van der Waals surface area contributed by atoms with Crippen LogP contribution in [0.4, 0.5) is 0 Å². The van der Waals surface area contributed by atoms with Gasteiger partial charge in [-0.15, -0.1) is 0 Å². The summed E-state index contributed by atoms with van der Waals surface area (Å²) in [6.07, 6.45) is 2.94. The van der Waals surface area contributed by atoms with Gasteiger partial charge < -0.3 is 19.5 Å². The third kappa shape index (κ3) is 3.92. The largest absolute Gasteiger partial charge is 0.379 e. The van der Waals surface area contributed by atoms with Crippen LogP contribution in [-0.4, -0.2) is 63.9 Å². The van der Waals surface area contributed by atoms with Gasteiger partial charge in [0.15, 0.2) is 5.11 Å². The Balaban J connectivity index is 1.54. The molecule has 0 radical (unpaired) electrons. The highest BCUT2D eigenvalue weighted by Crippen LogP contribution is 2.38. The molecular weight excluding hydrogens is 370 g/mol. The Hall–Kier alpha value is -1.96. The molecule has 2 saturated heterocycles. The van der Waals surface area contributed by atoms with Gasteiger partial charge in [0.25, 0.3) is 0 Å². The zero-order valence-electron chi connectivity index (χ0n) is 16.7. The number of nitrogens with one attached hydrogen (secondary N) is 1. The van der Waals surface area contributed by atoms with Crippen molar-refractivity contribution in [2.24, 2.45) is 7.05 Å². The van der Waals surface area contributed by atoms with E-state index in [0.29, 0.717) is 0 Å². The highest BCUT2D eigenvalue weighted by molar-refractivity contribution is 7.80. The zero-order chi connectivity index (χ0) is 19.5. The van der Waals surface area contributed by atoms with Crippen LogP contribution in [0.2, 0.25) is 0 Å². The number of nitrogens with zero attached hydrogens (tertiary/aromatic N) is 4. The molecule has 2 fully saturated rings. The van der Waals surface area contributed by atoms with E-state index in [1.54, 1.807) is 0 Å². The Labute approximate surface area is 172 Å². The molecule has 1 N–H and O–H groups in total. The summed E-state index contributed by atoms with van der Waals surface area (Å²) in [5.41, 5.74) is 3.55. The number of hydrogen-bond acceptors (Lipinski definition) is 4. The summed E-state index contributed by atoms with van der Waals surface area (Å²) in [5, 5.41) is 4.36. The molecule has 2 atom stereocenters. The first-order valence-corrected chi connectivity index (χ1v) is 10.5. The van der Waals surface area contributed by atoms with Crippen molar-refractivity contribution in [3.63, 3.8) is 0 Å². The van der Waals surface area contributed by atoms with Gasteiger partial charge in [-0.2, -0.15) is 0 Å². The summed E-state index contributed by atoms with van der Waals surface area (Å²) in [5.74, 6) is 0. The molecule has 4 rings (SSSR count). The average Bonchev–Trinajstić information content (AvgIpc) is 3.23. The minimum Gasteiger partial charge on any atom is -0.379 e. The van der Waals surface area contributed by atoms with E-state index in [4.69, 9.17) is 17.0 Å². The molecule has 2 aliphatic rings. The van der Waals surface area contributed by atoms with Gasteiger partial charge in [-0.1, -0.05) is 6.07 Å². The Bertz CT molecular complexity index is 802. The van der Waals surface area contributed by atoms with Crippen molar-refractivity contribution in [1.29, 1.82) is 0 Å². The van der Waals surface area contributed by atoms with Gasteiger partial charge in [-0.3, -0.25) is 9.88 Å². The molecule has 0 amide bonds. The summed E-state index contributed by atoms with van der Waals surface area (Å²) in [6, 6.07) is 10.7. The number of rotatable bonds is 6. The monoisotopic (exact) mass is 399 g/mol. The second-order valence-electron chi connectivity index (χ2n) is 7.59. The Morgan fingerprint density at radius 3 is 2.68 bits per heavy atom. The van der Waals surface area contributed by atoms with Crippen molar-refractivity contribution in [2.45, 2.75) is 25.4 Å². The first-order valence-electron chi connectivity index (χ1n) is 10.1. The lowest BCUT2D eigenvalue weighted by atomic mass is 10.0. The number of pyridine rings is 1. The maximum absolute atomic E-state index is 5.76. The van der Waals surface area contributed by atoms with E-state index in [9.17, 15) is 0 Å². The highest BCUT2D eigenvalue weighted by Gasteiger charge is 2.40. The second-order valence-corrected chi connectivity index (χ2v) is 7.97. The van der Waals surface area contributed by atoms with E-state index in [2.05, 4.69) is 56.8 Å². The van der Waals surface area contributed by atoms with Gasteiger partial charge in [0, 0.05) is 50.8 Å². The van der Waals surface area contributed by atoms with Crippen LogP contribution in [0.15, 0.2) is 36.5 Å². The predicted molar refractivity (Wildman–Crippen MR) is 114 cm³/mol. The van der Waals surface area contributed by atoms with Gasteiger partial charge in [-0.05, 0) is 49.8 Å². The normalized spacial score (nSPS) is 23.2. The highest BCUT2D eigenvalue weighted by atomic mass is 32.1. The van der Waals surface area contributed by atoms with Gasteiger partial charge in [0.05, 0.1) is 31.0 Å². The molecule has 0 saturated carbocycles. The fraction of sp³-hybridized carbons (Fsp3) is 0.524. The third-order valence-corrected chi connectivity index (χ3v) is 6.24. The minimum absolute atomic E-state index is 0.0603. The standard InChI is InChI=1S/C21H29N5OS/c1-16-7-8-18(24(16)2)20-19(17-6-3-4-9-22-17)23-21(28)26(20)11-5-10-25-12-14-27-15-13-25/h3-4,6-9,19-20H,5,10-15H2,1-2H3,(H,23,28)/t19-,20-/m1/s1. The number of thiocarbonyl (C=S) groups is 1. The molecule has 7 heteroatoms. The Kier molecular flexibility index (Phi) is 5.94. The number of aromatic nitrogens is 2. The second kappa shape index (κ2) is 8.59. The van der Waals surface area contributed by atoms with Crippen molar-refractivity contribution >= 4 is 17.3 Å². The van der Waals surface area contributed by atoms with Crippen LogP contribution in [0.1, 0.15) is 35.6 Å². The number of hydrogen-bond donors (Lipinski definition) is 1. The number of morpholine rings is 1. The first-order chi connectivity index (χ1) is 13.6. The molecule has 0 aromatic carbocycles. The van der Waals surface area contributed by atoms with Crippen LogP contribution < -0.4 is 5.32 Å². The van der Waals surface area contributed by atoms with E-state index < -0.39 is 0 Å². The smallest absolute Gasteiger partial charge is 0.170 e. The van der Waals surface area contributed by atoms with E-state index in [1.807, 2.05) is 18.3 Å². The summed E-state index contributed by atoms with van der Waals surface area (Å²) in [6.45, 7) is 7.90. The molecule has 2 aliphatic heterocycles. The van der Waals surface area contributed by atoms with Crippen molar-refractivity contribution in [1.82, 2.24) is 24.7 Å². The first kappa shape index (κ1) is 19.4. The molecule has 4 heterocycles. The molecule has 2 aromatic heterocycles. The Morgan fingerprint density at radius 1 is 1.18 bits per heavy atom. The van der Waals surface area contributed by atoms with Crippen LogP contribution in [-0.2, 0) is 11.8 Å². The van der Waals surface area contributed by atoms with Crippen molar-refractivity contribution in [2.75, 3.05) is 39.4 Å². The summed E-state index contributed by atoms with van der Waals surface area (Å²) in [7, 11) is 2.13. The van der Waals surface area contributed by atoms with Crippen LogP contribution in [0, 0.1) is 6.92 Å². The lowest BCUT2D eigenvalue weighted by molar-refractivity contribution is 0.0365. The molecule has 0 unspecified atom stereocenters. The molecule has 0 aliphatic carbocycles. The molecule has 0 bridgehead atoms. The van der Waals surface area contributed by atoms with E-state index in [-0.39, 0.29) is 12.1 Å². The van der Waals surface area contributed by atoms with Crippen LogP contribution in [0.5, 0.6) is 0 Å². The molecule has 28 heavy (non-hydrogen) atoms. The van der Waals surface area contributed by atoms with Crippen molar-refractivity contribution in [3.05, 3.63) is 53.6 Å².